The number of hydrazone groups is 1. The molecule has 0 unspecified atom stereocenters. The van der Waals surface area contributed by atoms with E-state index in [0.717, 1.165) is 5.56 Å². The maximum absolute atomic E-state index is 12.5. The number of carbonyl (C=O) groups excluding carboxylic acids is 2. The Morgan fingerprint density at radius 1 is 0.875 bits per heavy atom. The van der Waals surface area contributed by atoms with E-state index >= 15 is 0 Å². The van der Waals surface area contributed by atoms with Crippen molar-refractivity contribution in [2.45, 2.75) is 20.8 Å². The van der Waals surface area contributed by atoms with Crippen molar-refractivity contribution in [1.29, 1.82) is 0 Å². The minimum atomic E-state index is -0.559. The van der Waals surface area contributed by atoms with Crippen molar-refractivity contribution in [3.05, 3.63) is 105 Å². The highest BCUT2D eigenvalue weighted by atomic mass is 16.6. The molecule has 162 valence electrons. The van der Waals surface area contributed by atoms with Gasteiger partial charge in [0.2, 0.25) is 0 Å². The summed E-state index contributed by atoms with van der Waals surface area (Å²) in [5.74, 6) is -0.777. The summed E-state index contributed by atoms with van der Waals surface area (Å²) in [5.41, 5.74) is 6.14. The van der Waals surface area contributed by atoms with Crippen LogP contribution in [0.15, 0.2) is 71.8 Å². The number of hydrogen-bond acceptors (Lipinski definition) is 5. The van der Waals surface area contributed by atoms with Crippen LogP contribution < -0.4 is 10.7 Å². The van der Waals surface area contributed by atoms with Gasteiger partial charge in [0, 0.05) is 28.4 Å². The lowest BCUT2D eigenvalue weighted by Gasteiger charge is -2.09. The molecule has 2 N–H and O–H groups in total. The Kier molecular flexibility index (Phi) is 6.74. The van der Waals surface area contributed by atoms with E-state index in [1.165, 1.54) is 18.2 Å². The summed E-state index contributed by atoms with van der Waals surface area (Å²) >= 11 is 0. The first kappa shape index (κ1) is 22.4. The van der Waals surface area contributed by atoms with E-state index in [2.05, 4.69) is 15.8 Å². The van der Waals surface area contributed by atoms with Gasteiger partial charge in [-0.05, 0) is 56.2 Å². The second kappa shape index (κ2) is 9.65. The molecular formula is C24H22N4O4. The van der Waals surface area contributed by atoms with Crippen LogP contribution in [-0.4, -0.2) is 22.4 Å². The average molecular weight is 430 g/mol. The van der Waals surface area contributed by atoms with Gasteiger partial charge in [0.05, 0.1) is 10.6 Å². The maximum atomic E-state index is 12.5. The average Bonchev–Trinajstić information content (AvgIpc) is 2.77. The van der Waals surface area contributed by atoms with Crippen molar-refractivity contribution >= 4 is 28.9 Å². The number of amides is 2. The highest BCUT2D eigenvalue weighted by molar-refractivity contribution is 6.06. The van der Waals surface area contributed by atoms with E-state index in [1.54, 1.807) is 50.2 Å². The fraction of sp³-hybridized carbons (Fsp3) is 0.125. The van der Waals surface area contributed by atoms with E-state index in [1.807, 2.05) is 19.1 Å². The molecule has 0 aliphatic heterocycles. The molecule has 0 saturated heterocycles. The van der Waals surface area contributed by atoms with Crippen LogP contribution in [0.2, 0.25) is 0 Å². The fourth-order valence-electron chi connectivity index (χ4n) is 3.06. The Bertz CT molecular complexity index is 1230. The second-order valence-corrected chi connectivity index (χ2v) is 7.25. The number of rotatable bonds is 6. The highest BCUT2D eigenvalue weighted by Crippen LogP contribution is 2.19. The summed E-state index contributed by atoms with van der Waals surface area (Å²) in [6.45, 7) is 5.18. The van der Waals surface area contributed by atoms with Gasteiger partial charge in [0.25, 0.3) is 17.5 Å². The van der Waals surface area contributed by atoms with E-state index < -0.39 is 10.8 Å². The van der Waals surface area contributed by atoms with Gasteiger partial charge < -0.3 is 5.32 Å². The first-order valence-electron chi connectivity index (χ1n) is 9.83. The third-order valence-electron chi connectivity index (χ3n) is 4.92. The molecule has 32 heavy (non-hydrogen) atoms. The molecule has 3 aromatic carbocycles. The third kappa shape index (κ3) is 5.23. The Hall–Kier alpha value is -4.33. The molecule has 8 nitrogen and oxygen atoms in total. The lowest BCUT2D eigenvalue weighted by Crippen LogP contribution is -2.19. The van der Waals surface area contributed by atoms with E-state index in [-0.39, 0.29) is 17.2 Å². The quantitative estimate of drug-likeness (QED) is 0.337. The molecule has 0 fully saturated rings. The SMILES string of the molecule is C/C(=N/NC(=O)c1ccc(C)c([N+](=O)[O-])c1)c1cccc(NC(=O)c2ccccc2C)c1. The Morgan fingerprint density at radius 3 is 2.34 bits per heavy atom. The number of nitro benzene ring substituents is 1. The van der Waals surface area contributed by atoms with Crippen LogP contribution in [0, 0.1) is 24.0 Å². The topological polar surface area (TPSA) is 114 Å². The molecule has 0 aliphatic carbocycles. The number of nitro groups is 1. The molecule has 2 amide bonds. The van der Waals surface area contributed by atoms with Crippen molar-refractivity contribution in [3.63, 3.8) is 0 Å². The van der Waals surface area contributed by atoms with Crippen LogP contribution >= 0.6 is 0 Å². The number of nitrogens with zero attached hydrogens (tertiary/aromatic N) is 2. The molecule has 3 rings (SSSR count). The zero-order chi connectivity index (χ0) is 23.3. The minimum absolute atomic E-state index is 0.129. The van der Waals surface area contributed by atoms with E-state index in [9.17, 15) is 19.7 Å². The molecule has 0 saturated carbocycles. The van der Waals surface area contributed by atoms with Crippen molar-refractivity contribution in [3.8, 4) is 0 Å². The molecule has 0 heterocycles. The zero-order valence-electron chi connectivity index (χ0n) is 17.9. The lowest BCUT2D eigenvalue weighted by molar-refractivity contribution is -0.385. The van der Waals surface area contributed by atoms with E-state index in [0.29, 0.717) is 28.1 Å². The van der Waals surface area contributed by atoms with Crippen LogP contribution in [0.25, 0.3) is 0 Å². The smallest absolute Gasteiger partial charge is 0.273 e. The number of carbonyl (C=O) groups is 2. The predicted molar refractivity (Wildman–Crippen MR) is 123 cm³/mol. The molecule has 0 spiro atoms. The Balaban J connectivity index is 1.73. The van der Waals surface area contributed by atoms with Crippen molar-refractivity contribution in [2.75, 3.05) is 5.32 Å². The van der Waals surface area contributed by atoms with Gasteiger partial charge in [-0.15, -0.1) is 0 Å². The Morgan fingerprint density at radius 2 is 1.62 bits per heavy atom. The van der Waals surface area contributed by atoms with Gasteiger partial charge in [-0.1, -0.05) is 36.4 Å². The molecule has 0 aromatic heterocycles. The minimum Gasteiger partial charge on any atom is -0.322 e. The second-order valence-electron chi connectivity index (χ2n) is 7.25. The van der Waals surface area contributed by atoms with Gasteiger partial charge >= 0.3 is 0 Å². The molecule has 0 bridgehead atoms. The van der Waals surface area contributed by atoms with Gasteiger partial charge in [0.15, 0.2) is 0 Å². The van der Waals surface area contributed by atoms with Crippen LogP contribution in [0.3, 0.4) is 0 Å². The number of benzene rings is 3. The van der Waals surface area contributed by atoms with Crippen LogP contribution in [0.4, 0.5) is 11.4 Å². The number of hydrogen-bond donors (Lipinski definition) is 2. The number of anilines is 1. The summed E-state index contributed by atoms with van der Waals surface area (Å²) in [6.07, 6.45) is 0. The molecule has 0 aliphatic rings. The first-order chi connectivity index (χ1) is 15.3. The third-order valence-corrected chi connectivity index (χ3v) is 4.92. The summed E-state index contributed by atoms with van der Waals surface area (Å²) in [7, 11) is 0. The molecule has 0 radical (unpaired) electrons. The monoisotopic (exact) mass is 430 g/mol. The molecule has 3 aromatic rings. The molecular weight excluding hydrogens is 408 g/mol. The number of aryl methyl sites for hydroxylation is 2. The lowest BCUT2D eigenvalue weighted by atomic mass is 10.1. The van der Waals surface area contributed by atoms with Gasteiger partial charge in [-0.3, -0.25) is 19.7 Å². The molecule has 8 heteroatoms. The van der Waals surface area contributed by atoms with Gasteiger partial charge in [0.1, 0.15) is 0 Å². The maximum Gasteiger partial charge on any atom is 0.273 e. The van der Waals surface area contributed by atoms with Gasteiger partial charge in [-0.25, -0.2) is 5.43 Å². The van der Waals surface area contributed by atoms with Crippen LogP contribution in [0.5, 0.6) is 0 Å². The molecule has 0 atom stereocenters. The van der Waals surface area contributed by atoms with Gasteiger partial charge in [-0.2, -0.15) is 5.10 Å². The predicted octanol–water partition coefficient (Wildman–Crippen LogP) is 4.62. The zero-order valence-corrected chi connectivity index (χ0v) is 17.9. The highest BCUT2D eigenvalue weighted by Gasteiger charge is 2.15. The summed E-state index contributed by atoms with van der Waals surface area (Å²) < 4.78 is 0. The standard InChI is InChI=1S/C24H22N4O4/c1-15-7-4-5-10-21(15)24(30)25-20-9-6-8-18(13-20)17(3)26-27-23(29)19-12-11-16(2)22(14-19)28(31)32/h4-14H,1-3H3,(H,25,30)(H,27,29)/b26-17-. The Labute approximate surface area is 185 Å². The van der Waals surface area contributed by atoms with E-state index in [4.69, 9.17) is 0 Å². The first-order valence-corrected chi connectivity index (χ1v) is 9.83. The van der Waals surface area contributed by atoms with Crippen LogP contribution in [0.1, 0.15) is 44.3 Å². The number of nitrogens with one attached hydrogen (secondary N) is 2. The van der Waals surface area contributed by atoms with Crippen molar-refractivity contribution in [2.24, 2.45) is 5.10 Å². The van der Waals surface area contributed by atoms with Crippen molar-refractivity contribution < 1.29 is 14.5 Å². The van der Waals surface area contributed by atoms with Crippen LogP contribution in [-0.2, 0) is 0 Å². The summed E-state index contributed by atoms with van der Waals surface area (Å²) in [5, 5.41) is 18.0. The fourth-order valence-corrected chi connectivity index (χ4v) is 3.06. The summed E-state index contributed by atoms with van der Waals surface area (Å²) in [6, 6.07) is 18.6. The summed E-state index contributed by atoms with van der Waals surface area (Å²) in [4.78, 5) is 35.5. The normalized spacial score (nSPS) is 11.0. The largest absolute Gasteiger partial charge is 0.322 e. The van der Waals surface area contributed by atoms with Crippen molar-refractivity contribution in [1.82, 2.24) is 5.43 Å².